The number of methoxy groups -OCH3 is 1. The lowest BCUT2D eigenvalue weighted by Crippen LogP contribution is -2.40. The summed E-state index contributed by atoms with van der Waals surface area (Å²) in [7, 11) is 1.68. The maximum absolute atomic E-state index is 12.5. The third kappa shape index (κ3) is 7.38. The average Bonchev–Trinajstić information content (AvgIpc) is 2.60. The second-order valence-electron chi connectivity index (χ2n) is 6.88. The van der Waals surface area contributed by atoms with Crippen LogP contribution in [0, 0.1) is 5.92 Å². The Morgan fingerprint density at radius 3 is 2.48 bits per heavy atom. The minimum Gasteiger partial charge on any atom is -0.382 e. The van der Waals surface area contributed by atoms with Crippen LogP contribution in [0.3, 0.4) is 0 Å². The van der Waals surface area contributed by atoms with E-state index in [2.05, 4.69) is 38.1 Å². The van der Waals surface area contributed by atoms with Crippen LogP contribution in [0.15, 0.2) is 29.2 Å². The maximum atomic E-state index is 12.5. The zero-order chi connectivity index (χ0) is 18.1. The molecule has 1 fully saturated rings. The smallest absolute Gasteiger partial charge is 0.226 e. The number of amides is 1. The van der Waals surface area contributed by atoms with Gasteiger partial charge in [0.1, 0.15) is 0 Å². The van der Waals surface area contributed by atoms with E-state index in [0.717, 1.165) is 38.1 Å². The van der Waals surface area contributed by atoms with E-state index >= 15 is 0 Å². The van der Waals surface area contributed by atoms with Gasteiger partial charge < -0.3 is 14.4 Å². The largest absolute Gasteiger partial charge is 0.382 e. The third-order valence-corrected chi connectivity index (χ3v) is 5.42. The van der Waals surface area contributed by atoms with E-state index in [1.807, 2.05) is 16.7 Å². The molecule has 1 aromatic carbocycles. The van der Waals surface area contributed by atoms with E-state index in [-0.39, 0.29) is 5.91 Å². The highest BCUT2D eigenvalue weighted by atomic mass is 32.2. The van der Waals surface area contributed by atoms with Crippen molar-refractivity contribution >= 4 is 17.7 Å². The monoisotopic (exact) mass is 365 g/mol. The summed E-state index contributed by atoms with van der Waals surface area (Å²) < 4.78 is 10.6. The molecule has 1 aliphatic rings. The van der Waals surface area contributed by atoms with E-state index in [9.17, 15) is 4.79 Å². The molecule has 2 rings (SSSR count). The topological polar surface area (TPSA) is 38.8 Å². The molecule has 4 nitrogen and oxygen atoms in total. The van der Waals surface area contributed by atoms with Crippen LogP contribution in [-0.2, 0) is 20.7 Å². The molecule has 140 valence electrons. The van der Waals surface area contributed by atoms with Crippen LogP contribution in [0.4, 0.5) is 0 Å². The fraction of sp³-hybridized carbons (Fsp3) is 0.650. The lowest BCUT2D eigenvalue weighted by molar-refractivity contribution is -0.132. The van der Waals surface area contributed by atoms with Crippen molar-refractivity contribution in [2.45, 2.75) is 43.3 Å². The van der Waals surface area contributed by atoms with Crippen molar-refractivity contribution in [1.29, 1.82) is 0 Å². The molecule has 0 spiro atoms. The molecule has 5 heteroatoms. The van der Waals surface area contributed by atoms with Gasteiger partial charge in [0, 0.05) is 37.0 Å². The van der Waals surface area contributed by atoms with Gasteiger partial charge in [-0.05, 0) is 36.5 Å². The van der Waals surface area contributed by atoms with Gasteiger partial charge in [0.15, 0.2) is 0 Å². The number of thioether (sulfide) groups is 1. The van der Waals surface area contributed by atoms with Crippen LogP contribution < -0.4 is 0 Å². The summed E-state index contributed by atoms with van der Waals surface area (Å²) in [6.07, 6.45) is 2.56. The maximum Gasteiger partial charge on any atom is 0.226 e. The molecule has 0 bridgehead atoms. The predicted molar refractivity (Wildman–Crippen MR) is 103 cm³/mol. The van der Waals surface area contributed by atoms with Gasteiger partial charge in [-0.2, -0.15) is 0 Å². The van der Waals surface area contributed by atoms with Crippen LogP contribution in [0.25, 0.3) is 0 Å². The summed E-state index contributed by atoms with van der Waals surface area (Å²) in [4.78, 5) is 15.8. The molecule has 0 unspecified atom stereocenters. The Morgan fingerprint density at radius 2 is 1.88 bits per heavy atom. The average molecular weight is 366 g/mol. The molecular weight excluding hydrogens is 334 g/mol. The normalized spacial score (nSPS) is 15.8. The van der Waals surface area contributed by atoms with Crippen molar-refractivity contribution in [1.82, 2.24) is 4.90 Å². The number of ether oxygens (including phenoxy) is 2. The third-order valence-electron chi connectivity index (χ3n) is 4.40. The van der Waals surface area contributed by atoms with Crippen molar-refractivity contribution in [3.63, 3.8) is 0 Å². The zero-order valence-electron chi connectivity index (χ0n) is 15.7. The summed E-state index contributed by atoms with van der Waals surface area (Å²) in [5.74, 6) is 0.802. The minimum atomic E-state index is 0.239. The number of carbonyl (C=O) groups is 1. The number of carbonyl (C=O) groups excluding carboxylic acids is 1. The second-order valence-corrected chi connectivity index (χ2v) is 8.53. The van der Waals surface area contributed by atoms with Gasteiger partial charge in [0.2, 0.25) is 5.91 Å². The fourth-order valence-electron chi connectivity index (χ4n) is 2.99. The Labute approximate surface area is 156 Å². The number of nitrogens with zero attached hydrogens (tertiary/aromatic N) is 1. The van der Waals surface area contributed by atoms with Gasteiger partial charge >= 0.3 is 0 Å². The van der Waals surface area contributed by atoms with Crippen LogP contribution in [0.5, 0.6) is 0 Å². The molecule has 1 aromatic rings. The van der Waals surface area contributed by atoms with E-state index in [1.54, 1.807) is 7.11 Å². The quantitative estimate of drug-likeness (QED) is 0.495. The first-order valence-corrected chi connectivity index (χ1v) is 10.1. The number of rotatable bonds is 9. The first-order chi connectivity index (χ1) is 12.1. The Kier molecular flexibility index (Phi) is 8.79. The SMILES string of the molecule is COCCOCC1CCN(C(=O)Cc2ccc(SC(C)C)cc2)CC1. The van der Waals surface area contributed by atoms with Crippen molar-refractivity contribution < 1.29 is 14.3 Å². The standard InChI is InChI=1S/C20H31NO3S/c1-16(2)25-19-6-4-17(5-7-19)14-20(22)21-10-8-18(9-11-21)15-24-13-12-23-3/h4-7,16,18H,8-15H2,1-3H3. The van der Waals surface area contributed by atoms with E-state index in [1.165, 1.54) is 4.90 Å². The Bertz CT molecular complexity index is 510. The Hall–Kier alpha value is -1.04. The van der Waals surface area contributed by atoms with Gasteiger partial charge in [-0.15, -0.1) is 11.8 Å². The lowest BCUT2D eigenvalue weighted by Gasteiger charge is -2.32. The molecule has 25 heavy (non-hydrogen) atoms. The first-order valence-electron chi connectivity index (χ1n) is 9.18. The predicted octanol–water partition coefficient (Wildman–Crippen LogP) is 3.63. The van der Waals surface area contributed by atoms with Gasteiger partial charge in [0.25, 0.3) is 0 Å². The molecule has 0 saturated carbocycles. The highest BCUT2D eigenvalue weighted by Crippen LogP contribution is 2.23. The van der Waals surface area contributed by atoms with Gasteiger partial charge in [-0.3, -0.25) is 4.79 Å². The van der Waals surface area contributed by atoms with Crippen LogP contribution >= 0.6 is 11.8 Å². The number of hydrogen-bond donors (Lipinski definition) is 0. The summed E-state index contributed by atoms with van der Waals surface area (Å²) in [6.45, 7) is 8.15. The fourth-order valence-corrected chi connectivity index (χ4v) is 3.82. The van der Waals surface area contributed by atoms with E-state index in [0.29, 0.717) is 30.8 Å². The number of likely N-dealkylation sites (tertiary alicyclic amines) is 1. The Balaban J connectivity index is 1.71. The summed E-state index contributed by atoms with van der Waals surface area (Å²) in [5.41, 5.74) is 1.10. The van der Waals surface area contributed by atoms with Gasteiger partial charge in [-0.25, -0.2) is 0 Å². The highest BCUT2D eigenvalue weighted by Gasteiger charge is 2.22. The van der Waals surface area contributed by atoms with Crippen molar-refractivity contribution in [3.8, 4) is 0 Å². The Morgan fingerprint density at radius 1 is 1.20 bits per heavy atom. The molecule has 0 N–H and O–H groups in total. The molecule has 0 atom stereocenters. The molecule has 1 aliphatic heterocycles. The number of benzene rings is 1. The molecule has 1 heterocycles. The minimum absolute atomic E-state index is 0.239. The van der Waals surface area contributed by atoms with Crippen LogP contribution in [-0.4, -0.2) is 56.1 Å². The number of hydrogen-bond acceptors (Lipinski definition) is 4. The summed E-state index contributed by atoms with van der Waals surface area (Å²) >= 11 is 1.85. The molecular formula is C20H31NO3S. The van der Waals surface area contributed by atoms with Crippen LogP contribution in [0.1, 0.15) is 32.3 Å². The van der Waals surface area contributed by atoms with Gasteiger partial charge in [-0.1, -0.05) is 26.0 Å². The van der Waals surface area contributed by atoms with Crippen LogP contribution in [0.2, 0.25) is 0 Å². The highest BCUT2D eigenvalue weighted by molar-refractivity contribution is 7.99. The van der Waals surface area contributed by atoms with Crippen molar-refractivity contribution in [3.05, 3.63) is 29.8 Å². The molecule has 0 aliphatic carbocycles. The second kappa shape index (κ2) is 10.8. The summed E-state index contributed by atoms with van der Waals surface area (Å²) in [6, 6.07) is 8.41. The summed E-state index contributed by atoms with van der Waals surface area (Å²) in [5, 5.41) is 0.576. The lowest BCUT2D eigenvalue weighted by atomic mass is 9.97. The molecule has 0 aromatic heterocycles. The van der Waals surface area contributed by atoms with Gasteiger partial charge in [0.05, 0.1) is 19.6 Å². The molecule has 0 radical (unpaired) electrons. The first kappa shape index (κ1) is 20.3. The van der Waals surface area contributed by atoms with E-state index in [4.69, 9.17) is 9.47 Å². The molecule has 1 saturated heterocycles. The van der Waals surface area contributed by atoms with Crippen molar-refractivity contribution in [2.24, 2.45) is 5.92 Å². The van der Waals surface area contributed by atoms with E-state index < -0.39 is 0 Å². The number of piperidine rings is 1. The molecule has 1 amide bonds. The van der Waals surface area contributed by atoms with Crippen molar-refractivity contribution in [2.75, 3.05) is 40.0 Å². The zero-order valence-corrected chi connectivity index (χ0v) is 16.5.